The number of hydrogen-bond acceptors (Lipinski definition) is 6. The first-order chi connectivity index (χ1) is 7.24. The Morgan fingerprint density at radius 1 is 1.27 bits per heavy atom. The van der Waals surface area contributed by atoms with E-state index in [2.05, 4.69) is 19.9 Å². The van der Waals surface area contributed by atoms with E-state index in [0.29, 0.717) is 10.2 Å². The first-order valence-electron chi connectivity index (χ1n) is 3.98. The summed E-state index contributed by atoms with van der Waals surface area (Å²) in [5.41, 5.74) is 5.46. The van der Waals surface area contributed by atoms with Crippen LogP contribution < -0.4 is 5.73 Å². The zero-order valence-electron chi connectivity index (χ0n) is 7.46. The van der Waals surface area contributed by atoms with Crippen molar-refractivity contribution < 1.29 is 0 Å². The lowest BCUT2D eigenvalue weighted by atomic mass is 10.7. The van der Waals surface area contributed by atoms with Crippen LogP contribution >= 0.6 is 23.4 Å². The van der Waals surface area contributed by atoms with Crippen LogP contribution in [0.1, 0.15) is 0 Å². The van der Waals surface area contributed by atoms with Crippen molar-refractivity contribution in [1.82, 2.24) is 19.9 Å². The summed E-state index contributed by atoms with van der Waals surface area (Å²) in [7, 11) is 0. The molecule has 0 fully saturated rings. The van der Waals surface area contributed by atoms with Gasteiger partial charge in [-0.3, -0.25) is 0 Å². The number of aromatic nitrogens is 4. The molecular formula is C8H6ClN5S. The highest BCUT2D eigenvalue weighted by Crippen LogP contribution is 2.25. The molecule has 0 spiro atoms. The van der Waals surface area contributed by atoms with Gasteiger partial charge in [-0.2, -0.15) is 0 Å². The molecule has 5 nitrogen and oxygen atoms in total. The van der Waals surface area contributed by atoms with Gasteiger partial charge < -0.3 is 5.73 Å². The lowest BCUT2D eigenvalue weighted by Gasteiger charge is -2.00. The molecule has 0 atom stereocenters. The summed E-state index contributed by atoms with van der Waals surface area (Å²) in [5.74, 6) is 0.152. The molecule has 0 bridgehead atoms. The molecule has 7 heteroatoms. The SMILES string of the molecule is Nc1nc(Cl)cc(Sc2ccncn2)n1. The van der Waals surface area contributed by atoms with Crippen molar-refractivity contribution in [2.45, 2.75) is 10.1 Å². The average Bonchev–Trinajstić information content (AvgIpc) is 2.17. The molecule has 2 aromatic rings. The molecule has 2 N–H and O–H groups in total. The van der Waals surface area contributed by atoms with E-state index >= 15 is 0 Å². The quantitative estimate of drug-likeness (QED) is 0.803. The minimum atomic E-state index is 0.152. The summed E-state index contributed by atoms with van der Waals surface area (Å²) in [6.45, 7) is 0. The lowest BCUT2D eigenvalue weighted by Crippen LogP contribution is -1.95. The molecule has 0 amide bonds. The van der Waals surface area contributed by atoms with Crippen molar-refractivity contribution in [2.75, 3.05) is 5.73 Å². The van der Waals surface area contributed by atoms with Crippen molar-refractivity contribution in [1.29, 1.82) is 0 Å². The average molecular weight is 240 g/mol. The van der Waals surface area contributed by atoms with Crippen LogP contribution in [0.3, 0.4) is 0 Å². The summed E-state index contributed by atoms with van der Waals surface area (Å²) >= 11 is 7.09. The van der Waals surface area contributed by atoms with E-state index in [1.165, 1.54) is 18.1 Å². The molecule has 2 rings (SSSR count). The summed E-state index contributed by atoms with van der Waals surface area (Å²) in [4.78, 5) is 15.6. The second-order valence-corrected chi connectivity index (χ2v) is 3.96. The number of halogens is 1. The number of nitrogen functional groups attached to an aromatic ring is 1. The number of anilines is 1. The van der Waals surface area contributed by atoms with Crippen LogP contribution in [0.15, 0.2) is 34.7 Å². The summed E-state index contributed by atoms with van der Waals surface area (Å²) < 4.78 is 0. The van der Waals surface area contributed by atoms with Gasteiger partial charge in [0.25, 0.3) is 0 Å². The molecule has 2 aromatic heterocycles. The zero-order chi connectivity index (χ0) is 10.7. The van der Waals surface area contributed by atoms with Crippen molar-refractivity contribution >= 4 is 29.3 Å². The topological polar surface area (TPSA) is 77.6 Å². The van der Waals surface area contributed by atoms with Crippen molar-refractivity contribution in [3.8, 4) is 0 Å². The fraction of sp³-hybridized carbons (Fsp3) is 0. The number of nitrogens with two attached hydrogens (primary N) is 1. The van der Waals surface area contributed by atoms with Gasteiger partial charge in [-0.25, -0.2) is 19.9 Å². The Bertz CT molecular complexity index is 444. The highest BCUT2D eigenvalue weighted by atomic mass is 35.5. The number of hydrogen-bond donors (Lipinski definition) is 1. The molecule has 0 unspecified atom stereocenters. The molecule has 0 aliphatic heterocycles. The Balaban J connectivity index is 2.25. The molecule has 2 heterocycles. The highest BCUT2D eigenvalue weighted by molar-refractivity contribution is 7.99. The van der Waals surface area contributed by atoms with E-state index in [9.17, 15) is 0 Å². The minimum absolute atomic E-state index is 0.152. The third-order valence-corrected chi connectivity index (χ3v) is 2.52. The maximum atomic E-state index is 5.74. The fourth-order valence-corrected chi connectivity index (χ4v) is 1.92. The van der Waals surface area contributed by atoms with Gasteiger partial charge in [-0.15, -0.1) is 0 Å². The van der Waals surface area contributed by atoms with Crippen LogP contribution in [-0.2, 0) is 0 Å². The van der Waals surface area contributed by atoms with Gasteiger partial charge in [-0.1, -0.05) is 11.6 Å². The number of rotatable bonds is 2. The van der Waals surface area contributed by atoms with E-state index in [1.54, 1.807) is 18.3 Å². The van der Waals surface area contributed by atoms with Gasteiger partial charge in [0.15, 0.2) is 0 Å². The summed E-state index contributed by atoms with van der Waals surface area (Å²) in [5, 5.41) is 1.75. The second-order valence-electron chi connectivity index (χ2n) is 2.54. The molecule has 0 aliphatic carbocycles. The van der Waals surface area contributed by atoms with Gasteiger partial charge >= 0.3 is 0 Å². The first kappa shape index (κ1) is 10.1. The molecule has 0 radical (unpaired) electrons. The smallest absolute Gasteiger partial charge is 0.222 e. The van der Waals surface area contributed by atoms with Gasteiger partial charge in [-0.05, 0) is 17.8 Å². The minimum Gasteiger partial charge on any atom is -0.368 e. The van der Waals surface area contributed by atoms with Crippen LogP contribution in [0.5, 0.6) is 0 Å². The van der Waals surface area contributed by atoms with Crippen LogP contribution in [0.4, 0.5) is 5.95 Å². The second kappa shape index (κ2) is 4.41. The van der Waals surface area contributed by atoms with E-state index < -0.39 is 0 Å². The van der Waals surface area contributed by atoms with Gasteiger partial charge in [0.05, 0.1) is 0 Å². The molecular weight excluding hydrogens is 234 g/mol. The van der Waals surface area contributed by atoms with Crippen LogP contribution in [0, 0.1) is 0 Å². The first-order valence-corrected chi connectivity index (χ1v) is 5.17. The predicted octanol–water partition coefficient (Wildman–Crippen LogP) is 1.65. The van der Waals surface area contributed by atoms with Crippen molar-refractivity contribution in [3.05, 3.63) is 29.8 Å². The summed E-state index contributed by atoms with van der Waals surface area (Å²) in [6.07, 6.45) is 3.12. The Labute approximate surface area is 95.1 Å². The van der Waals surface area contributed by atoms with Gasteiger partial charge in [0.1, 0.15) is 21.5 Å². The Kier molecular flexibility index (Phi) is 2.98. The van der Waals surface area contributed by atoms with E-state index in [1.807, 2.05) is 0 Å². The maximum Gasteiger partial charge on any atom is 0.222 e. The molecule has 0 aliphatic rings. The number of nitrogens with zero attached hydrogens (tertiary/aromatic N) is 4. The molecule has 0 aromatic carbocycles. The van der Waals surface area contributed by atoms with Gasteiger partial charge in [0.2, 0.25) is 5.95 Å². The monoisotopic (exact) mass is 239 g/mol. The Morgan fingerprint density at radius 2 is 2.13 bits per heavy atom. The van der Waals surface area contributed by atoms with Crippen LogP contribution in [0.25, 0.3) is 0 Å². The van der Waals surface area contributed by atoms with E-state index in [-0.39, 0.29) is 5.95 Å². The fourth-order valence-electron chi connectivity index (χ4n) is 0.912. The molecule has 76 valence electrons. The van der Waals surface area contributed by atoms with Crippen LogP contribution in [-0.4, -0.2) is 19.9 Å². The van der Waals surface area contributed by atoms with Crippen molar-refractivity contribution in [3.63, 3.8) is 0 Å². The lowest BCUT2D eigenvalue weighted by molar-refractivity contribution is 1.02. The third kappa shape index (κ3) is 2.77. The molecule has 0 saturated heterocycles. The normalized spacial score (nSPS) is 10.2. The van der Waals surface area contributed by atoms with E-state index in [4.69, 9.17) is 17.3 Å². The Morgan fingerprint density at radius 3 is 2.80 bits per heavy atom. The third-order valence-electron chi connectivity index (χ3n) is 1.45. The highest BCUT2D eigenvalue weighted by Gasteiger charge is 2.03. The maximum absolute atomic E-state index is 5.74. The van der Waals surface area contributed by atoms with E-state index in [0.717, 1.165) is 5.03 Å². The summed E-state index contributed by atoms with van der Waals surface area (Å²) in [6, 6.07) is 3.40. The largest absolute Gasteiger partial charge is 0.368 e. The van der Waals surface area contributed by atoms with Crippen LogP contribution in [0.2, 0.25) is 5.15 Å². The standard InChI is InChI=1S/C8H6ClN5S/c9-5-3-7(14-8(10)13-5)15-6-1-2-11-4-12-6/h1-4H,(H2,10,13,14). The molecule has 15 heavy (non-hydrogen) atoms. The van der Waals surface area contributed by atoms with Gasteiger partial charge in [0, 0.05) is 12.3 Å². The predicted molar refractivity (Wildman–Crippen MR) is 57.6 cm³/mol. The zero-order valence-corrected chi connectivity index (χ0v) is 9.03. The molecule has 0 saturated carbocycles. The van der Waals surface area contributed by atoms with Crippen molar-refractivity contribution in [2.24, 2.45) is 0 Å². The Hall–Kier alpha value is -1.40.